The van der Waals surface area contributed by atoms with Crippen molar-refractivity contribution in [1.82, 2.24) is 0 Å². The predicted molar refractivity (Wildman–Crippen MR) is 42.3 cm³/mol. The van der Waals surface area contributed by atoms with Crippen molar-refractivity contribution < 1.29 is 14.2 Å². The Balaban J connectivity index is 3.28. The molecule has 0 rings (SSSR count). The van der Waals surface area contributed by atoms with Gasteiger partial charge in [-0.15, -0.1) is 0 Å². The summed E-state index contributed by atoms with van der Waals surface area (Å²) in [5.74, 6) is 0. The summed E-state index contributed by atoms with van der Waals surface area (Å²) in [6.07, 6.45) is -0.870. The molecule has 2 nitrogen and oxygen atoms in total. The topological polar surface area (TPSA) is 29.5 Å². The van der Waals surface area contributed by atoms with Gasteiger partial charge in [0, 0.05) is 6.42 Å². The van der Waals surface area contributed by atoms with Gasteiger partial charge in [0.05, 0.1) is 18.8 Å². The molecular formula is C8H17FO2. The maximum atomic E-state index is 12.4. The molecule has 0 spiro atoms. The molecule has 0 radical (unpaired) electrons. The molecule has 1 N–H and O–H groups in total. The molecule has 0 fully saturated rings. The molecule has 11 heavy (non-hydrogen) atoms. The number of aliphatic hydroxyl groups excluding tert-OH is 1. The summed E-state index contributed by atoms with van der Waals surface area (Å²) in [7, 11) is 0. The molecule has 0 bridgehead atoms. The molecule has 0 aliphatic carbocycles. The van der Waals surface area contributed by atoms with Crippen molar-refractivity contribution in [3.05, 3.63) is 0 Å². The van der Waals surface area contributed by atoms with Crippen LogP contribution in [-0.4, -0.2) is 30.1 Å². The molecule has 0 aromatic rings. The molecule has 0 amide bonds. The Bertz CT molecular complexity index is 98.8. The van der Waals surface area contributed by atoms with Gasteiger partial charge in [0.15, 0.2) is 0 Å². The Morgan fingerprint density at radius 2 is 2.00 bits per heavy atom. The zero-order chi connectivity index (χ0) is 8.91. The van der Waals surface area contributed by atoms with Gasteiger partial charge in [0.2, 0.25) is 0 Å². The average Bonchev–Trinajstić information content (AvgIpc) is 1.85. The fraction of sp³-hybridized carbons (Fsp3) is 1.00. The van der Waals surface area contributed by atoms with E-state index < -0.39 is 12.8 Å². The van der Waals surface area contributed by atoms with Crippen LogP contribution in [0.25, 0.3) is 0 Å². The Morgan fingerprint density at radius 3 is 2.36 bits per heavy atom. The number of hydrogen-bond donors (Lipinski definition) is 1. The van der Waals surface area contributed by atoms with Gasteiger partial charge >= 0.3 is 0 Å². The monoisotopic (exact) mass is 164 g/mol. The van der Waals surface area contributed by atoms with Gasteiger partial charge in [-0.05, 0) is 20.8 Å². The van der Waals surface area contributed by atoms with Gasteiger partial charge in [-0.3, -0.25) is 0 Å². The summed E-state index contributed by atoms with van der Waals surface area (Å²) in [5, 5.41) is 8.33. The van der Waals surface area contributed by atoms with Crippen molar-refractivity contribution in [2.45, 2.75) is 39.0 Å². The first-order valence-corrected chi connectivity index (χ1v) is 3.84. The normalized spacial score (nSPS) is 15.0. The minimum Gasteiger partial charge on any atom is -0.393 e. The molecule has 0 aromatic carbocycles. The SMILES string of the molecule is CC(C)(C)OCC[C@H](F)CO. The van der Waals surface area contributed by atoms with Crippen LogP contribution in [0.1, 0.15) is 27.2 Å². The zero-order valence-electron chi connectivity index (χ0n) is 7.43. The van der Waals surface area contributed by atoms with Crippen LogP contribution in [0.2, 0.25) is 0 Å². The molecule has 0 aliphatic heterocycles. The molecular weight excluding hydrogens is 147 g/mol. The minimum absolute atomic E-state index is 0.213. The lowest BCUT2D eigenvalue weighted by Crippen LogP contribution is -2.21. The number of alkyl halides is 1. The second kappa shape index (κ2) is 4.67. The van der Waals surface area contributed by atoms with Crippen LogP contribution in [0.5, 0.6) is 0 Å². The molecule has 0 saturated heterocycles. The van der Waals surface area contributed by atoms with Crippen LogP contribution in [0.4, 0.5) is 4.39 Å². The van der Waals surface area contributed by atoms with Gasteiger partial charge in [0.1, 0.15) is 6.17 Å². The maximum absolute atomic E-state index is 12.4. The van der Waals surface area contributed by atoms with E-state index in [2.05, 4.69) is 0 Å². The summed E-state index contributed by atoms with van der Waals surface area (Å²) < 4.78 is 17.6. The number of rotatable bonds is 4. The number of aliphatic hydroxyl groups is 1. The van der Waals surface area contributed by atoms with Gasteiger partial charge in [-0.25, -0.2) is 4.39 Å². The number of halogens is 1. The Kier molecular flexibility index (Phi) is 4.61. The highest BCUT2D eigenvalue weighted by Gasteiger charge is 2.11. The van der Waals surface area contributed by atoms with Gasteiger partial charge < -0.3 is 9.84 Å². The Labute approximate surface area is 67.4 Å². The molecule has 68 valence electrons. The summed E-state index contributed by atoms with van der Waals surface area (Å²) in [6, 6.07) is 0. The largest absolute Gasteiger partial charge is 0.393 e. The fourth-order valence-corrected chi connectivity index (χ4v) is 0.584. The van der Waals surface area contributed by atoms with E-state index in [9.17, 15) is 4.39 Å². The van der Waals surface area contributed by atoms with E-state index in [1.165, 1.54) is 0 Å². The highest BCUT2D eigenvalue weighted by atomic mass is 19.1. The van der Waals surface area contributed by atoms with Crippen molar-refractivity contribution in [2.75, 3.05) is 13.2 Å². The van der Waals surface area contributed by atoms with E-state index in [0.29, 0.717) is 6.61 Å². The molecule has 3 heteroatoms. The Morgan fingerprint density at radius 1 is 1.45 bits per heavy atom. The third kappa shape index (κ3) is 7.75. The van der Waals surface area contributed by atoms with Crippen LogP contribution < -0.4 is 0 Å². The second-order valence-corrected chi connectivity index (χ2v) is 3.53. The maximum Gasteiger partial charge on any atom is 0.125 e. The van der Waals surface area contributed by atoms with Crippen LogP contribution in [0.15, 0.2) is 0 Å². The van der Waals surface area contributed by atoms with Crippen molar-refractivity contribution in [2.24, 2.45) is 0 Å². The van der Waals surface area contributed by atoms with E-state index in [1.807, 2.05) is 20.8 Å². The Hall–Kier alpha value is -0.150. The van der Waals surface area contributed by atoms with Crippen molar-refractivity contribution in [3.8, 4) is 0 Å². The van der Waals surface area contributed by atoms with Crippen molar-refractivity contribution in [1.29, 1.82) is 0 Å². The molecule has 0 saturated carbocycles. The van der Waals surface area contributed by atoms with Crippen molar-refractivity contribution >= 4 is 0 Å². The van der Waals surface area contributed by atoms with E-state index in [4.69, 9.17) is 9.84 Å². The molecule has 0 heterocycles. The lowest BCUT2D eigenvalue weighted by molar-refractivity contribution is -0.0148. The number of hydrogen-bond acceptors (Lipinski definition) is 2. The lowest BCUT2D eigenvalue weighted by atomic mass is 10.2. The molecule has 0 aliphatic rings. The standard InChI is InChI=1S/C8H17FO2/c1-8(2,3)11-5-4-7(9)6-10/h7,10H,4-6H2,1-3H3/t7-/m0/s1. The van der Waals surface area contributed by atoms with Crippen LogP contribution in [-0.2, 0) is 4.74 Å². The van der Waals surface area contributed by atoms with E-state index in [0.717, 1.165) is 0 Å². The summed E-state index contributed by atoms with van der Waals surface area (Å²) in [4.78, 5) is 0. The first-order valence-electron chi connectivity index (χ1n) is 3.84. The van der Waals surface area contributed by atoms with Gasteiger partial charge in [0.25, 0.3) is 0 Å². The number of ether oxygens (including phenoxy) is 1. The first-order chi connectivity index (χ1) is 4.95. The predicted octanol–water partition coefficient (Wildman–Crippen LogP) is 1.52. The fourth-order valence-electron chi connectivity index (χ4n) is 0.584. The molecule has 0 unspecified atom stereocenters. The minimum atomic E-state index is -1.14. The van der Waals surface area contributed by atoms with Crippen LogP contribution in [0.3, 0.4) is 0 Å². The second-order valence-electron chi connectivity index (χ2n) is 3.53. The van der Waals surface area contributed by atoms with E-state index >= 15 is 0 Å². The van der Waals surface area contributed by atoms with Gasteiger partial charge in [-0.1, -0.05) is 0 Å². The quantitative estimate of drug-likeness (QED) is 0.682. The smallest absolute Gasteiger partial charge is 0.125 e. The average molecular weight is 164 g/mol. The zero-order valence-corrected chi connectivity index (χ0v) is 7.43. The molecule has 1 atom stereocenters. The van der Waals surface area contributed by atoms with E-state index in [1.54, 1.807) is 0 Å². The first kappa shape index (κ1) is 10.8. The summed E-state index contributed by atoms with van der Waals surface area (Å²) >= 11 is 0. The highest BCUT2D eigenvalue weighted by molar-refractivity contribution is 4.60. The molecule has 0 aromatic heterocycles. The third-order valence-corrected chi connectivity index (χ3v) is 1.16. The van der Waals surface area contributed by atoms with Crippen LogP contribution in [0, 0.1) is 0 Å². The van der Waals surface area contributed by atoms with E-state index in [-0.39, 0.29) is 12.0 Å². The summed E-state index contributed by atoms with van der Waals surface area (Å²) in [5.41, 5.74) is -0.213. The lowest BCUT2D eigenvalue weighted by Gasteiger charge is -2.19. The van der Waals surface area contributed by atoms with Crippen molar-refractivity contribution in [3.63, 3.8) is 0 Å². The summed E-state index contributed by atoms with van der Waals surface area (Å²) in [6.45, 7) is 5.70. The van der Waals surface area contributed by atoms with Gasteiger partial charge in [-0.2, -0.15) is 0 Å². The van der Waals surface area contributed by atoms with Crippen LogP contribution >= 0.6 is 0 Å². The highest BCUT2D eigenvalue weighted by Crippen LogP contribution is 2.08. The third-order valence-electron chi connectivity index (χ3n) is 1.16.